The lowest BCUT2D eigenvalue weighted by molar-refractivity contribution is 0.0994. The van der Waals surface area contributed by atoms with E-state index in [1.54, 1.807) is 0 Å². The highest BCUT2D eigenvalue weighted by Gasteiger charge is 2.10. The minimum absolute atomic E-state index is 0.129. The van der Waals surface area contributed by atoms with Gasteiger partial charge in [-0.2, -0.15) is 0 Å². The van der Waals surface area contributed by atoms with Crippen molar-refractivity contribution in [3.8, 4) is 0 Å². The maximum Gasteiger partial charge on any atom is 0.167 e. The lowest BCUT2D eigenvalue weighted by Gasteiger charge is -2.06. The van der Waals surface area contributed by atoms with Crippen molar-refractivity contribution in [1.82, 2.24) is 0 Å². The molecule has 0 radical (unpaired) electrons. The molecule has 0 N–H and O–H groups in total. The van der Waals surface area contributed by atoms with Crippen LogP contribution in [-0.4, -0.2) is 5.78 Å². The summed E-state index contributed by atoms with van der Waals surface area (Å²) < 4.78 is 0. The molecule has 0 aromatic heterocycles. The molecule has 0 unspecified atom stereocenters. The molecule has 98 valence electrons. The number of carbonyl (C=O) groups is 1. The zero-order valence-electron chi connectivity index (χ0n) is 10.8. The highest BCUT2D eigenvalue weighted by atomic mass is 35.5. The van der Waals surface area contributed by atoms with Crippen LogP contribution in [0.2, 0.25) is 5.02 Å². The minimum Gasteiger partial charge on any atom is -0.294 e. The number of hydrogen-bond donors (Lipinski definition) is 0. The fourth-order valence-electron chi connectivity index (χ4n) is 2.35. The van der Waals surface area contributed by atoms with E-state index < -0.39 is 0 Å². The molecule has 3 aromatic carbocycles. The minimum atomic E-state index is 0.129. The van der Waals surface area contributed by atoms with Gasteiger partial charge in [0.15, 0.2) is 5.78 Å². The van der Waals surface area contributed by atoms with Crippen LogP contribution >= 0.6 is 11.6 Å². The van der Waals surface area contributed by atoms with Crippen LogP contribution in [-0.2, 0) is 6.42 Å². The predicted octanol–water partition coefficient (Wildman–Crippen LogP) is 4.92. The van der Waals surface area contributed by atoms with E-state index >= 15 is 0 Å². The molecule has 0 bridgehead atoms. The molecule has 3 aromatic rings. The van der Waals surface area contributed by atoms with E-state index in [1.165, 1.54) is 0 Å². The van der Waals surface area contributed by atoms with Gasteiger partial charge in [0.2, 0.25) is 0 Å². The lowest BCUT2D eigenvalue weighted by Crippen LogP contribution is -2.04. The number of Topliss-reactive ketones (excluding diaryl/α,β-unsaturated/α-hetero) is 1. The van der Waals surface area contributed by atoms with Crippen LogP contribution in [0.4, 0.5) is 0 Å². The molecule has 0 saturated carbocycles. The van der Waals surface area contributed by atoms with Gasteiger partial charge < -0.3 is 0 Å². The topological polar surface area (TPSA) is 17.1 Å². The van der Waals surface area contributed by atoms with E-state index in [0.717, 1.165) is 21.9 Å². The maximum atomic E-state index is 12.5. The standard InChI is InChI=1S/C18H13ClO/c19-15-10-8-13(9-11-15)12-18(20)17-7-3-5-14-4-1-2-6-16(14)17/h1-11H,12H2. The molecular formula is C18H13ClO. The van der Waals surface area contributed by atoms with E-state index in [9.17, 15) is 4.79 Å². The Kier molecular flexibility index (Phi) is 3.53. The Balaban J connectivity index is 1.94. The quantitative estimate of drug-likeness (QED) is 0.623. The first-order valence-corrected chi connectivity index (χ1v) is 6.87. The van der Waals surface area contributed by atoms with Gasteiger partial charge in [0, 0.05) is 17.0 Å². The lowest BCUT2D eigenvalue weighted by atomic mass is 9.97. The second kappa shape index (κ2) is 5.48. The van der Waals surface area contributed by atoms with Crippen molar-refractivity contribution in [3.63, 3.8) is 0 Å². The zero-order valence-corrected chi connectivity index (χ0v) is 11.6. The van der Waals surface area contributed by atoms with Crippen molar-refractivity contribution in [2.24, 2.45) is 0 Å². The molecule has 0 aliphatic carbocycles. The Morgan fingerprint density at radius 1 is 0.850 bits per heavy atom. The first kappa shape index (κ1) is 12.9. The maximum absolute atomic E-state index is 12.5. The third-order valence-corrected chi connectivity index (χ3v) is 3.62. The molecule has 0 amide bonds. The first-order valence-electron chi connectivity index (χ1n) is 6.49. The summed E-state index contributed by atoms with van der Waals surface area (Å²) in [5, 5.41) is 2.79. The number of benzene rings is 3. The Morgan fingerprint density at radius 2 is 1.55 bits per heavy atom. The van der Waals surface area contributed by atoms with E-state index in [1.807, 2.05) is 66.7 Å². The molecule has 2 heteroatoms. The molecular weight excluding hydrogens is 268 g/mol. The van der Waals surface area contributed by atoms with Crippen LogP contribution in [0, 0.1) is 0 Å². The second-order valence-corrected chi connectivity index (χ2v) is 5.19. The predicted molar refractivity (Wildman–Crippen MR) is 83.4 cm³/mol. The fourth-order valence-corrected chi connectivity index (χ4v) is 2.48. The smallest absolute Gasteiger partial charge is 0.167 e. The van der Waals surface area contributed by atoms with Crippen LogP contribution in [0.15, 0.2) is 66.7 Å². The van der Waals surface area contributed by atoms with Crippen molar-refractivity contribution in [2.45, 2.75) is 6.42 Å². The van der Waals surface area contributed by atoms with Crippen LogP contribution < -0.4 is 0 Å². The molecule has 20 heavy (non-hydrogen) atoms. The number of halogens is 1. The average molecular weight is 281 g/mol. The van der Waals surface area contributed by atoms with E-state index in [2.05, 4.69) is 0 Å². The van der Waals surface area contributed by atoms with Gasteiger partial charge in [-0.1, -0.05) is 66.2 Å². The van der Waals surface area contributed by atoms with Gasteiger partial charge >= 0.3 is 0 Å². The van der Waals surface area contributed by atoms with Crippen LogP contribution in [0.25, 0.3) is 10.8 Å². The van der Waals surface area contributed by atoms with Gasteiger partial charge in [-0.15, -0.1) is 0 Å². The van der Waals surface area contributed by atoms with Gasteiger partial charge in [-0.05, 0) is 28.5 Å². The van der Waals surface area contributed by atoms with Gasteiger partial charge in [0.05, 0.1) is 0 Å². The van der Waals surface area contributed by atoms with E-state index in [0.29, 0.717) is 11.4 Å². The van der Waals surface area contributed by atoms with Crippen LogP contribution in [0.3, 0.4) is 0 Å². The second-order valence-electron chi connectivity index (χ2n) is 4.75. The fraction of sp³-hybridized carbons (Fsp3) is 0.0556. The molecule has 0 atom stereocenters. The highest BCUT2D eigenvalue weighted by molar-refractivity contribution is 6.30. The molecule has 0 aliphatic rings. The number of carbonyl (C=O) groups excluding carboxylic acids is 1. The molecule has 0 saturated heterocycles. The Hall–Kier alpha value is -2.12. The van der Waals surface area contributed by atoms with Crippen molar-refractivity contribution in [1.29, 1.82) is 0 Å². The number of fused-ring (bicyclic) bond motifs is 1. The number of rotatable bonds is 3. The van der Waals surface area contributed by atoms with Gasteiger partial charge in [0.1, 0.15) is 0 Å². The van der Waals surface area contributed by atoms with Crippen molar-refractivity contribution in [3.05, 3.63) is 82.9 Å². The summed E-state index contributed by atoms with van der Waals surface area (Å²) in [6, 6.07) is 21.2. The van der Waals surface area contributed by atoms with Crippen molar-refractivity contribution >= 4 is 28.2 Å². The molecule has 0 fully saturated rings. The first-order chi connectivity index (χ1) is 9.74. The molecule has 0 aliphatic heterocycles. The summed E-state index contributed by atoms with van der Waals surface area (Å²) in [5.41, 5.74) is 1.75. The van der Waals surface area contributed by atoms with Crippen LogP contribution in [0.5, 0.6) is 0 Å². The largest absolute Gasteiger partial charge is 0.294 e. The zero-order chi connectivity index (χ0) is 13.9. The Labute approximate surface area is 122 Å². The van der Waals surface area contributed by atoms with Crippen LogP contribution in [0.1, 0.15) is 15.9 Å². The highest BCUT2D eigenvalue weighted by Crippen LogP contribution is 2.20. The summed E-state index contributed by atoms with van der Waals surface area (Å²) in [4.78, 5) is 12.5. The van der Waals surface area contributed by atoms with Crippen molar-refractivity contribution in [2.75, 3.05) is 0 Å². The summed E-state index contributed by atoms with van der Waals surface area (Å²) in [7, 11) is 0. The summed E-state index contributed by atoms with van der Waals surface area (Å²) >= 11 is 5.86. The SMILES string of the molecule is O=C(Cc1ccc(Cl)cc1)c1cccc2ccccc12. The number of hydrogen-bond acceptors (Lipinski definition) is 1. The molecule has 0 heterocycles. The Bertz CT molecular complexity index is 754. The van der Waals surface area contributed by atoms with Crippen molar-refractivity contribution < 1.29 is 4.79 Å². The molecule has 1 nitrogen and oxygen atoms in total. The summed E-state index contributed by atoms with van der Waals surface area (Å²) in [5.74, 6) is 0.129. The summed E-state index contributed by atoms with van der Waals surface area (Å²) in [6.45, 7) is 0. The normalized spacial score (nSPS) is 10.7. The third kappa shape index (κ3) is 2.59. The average Bonchev–Trinajstić information content (AvgIpc) is 2.49. The monoisotopic (exact) mass is 280 g/mol. The summed E-state index contributed by atoms with van der Waals surface area (Å²) in [6.07, 6.45) is 0.394. The third-order valence-electron chi connectivity index (χ3n) is 3.37. The van der Waals surface area contributed by atoms with E-state index in [-0.39, 0.29) is 5.78 Å². The van der Waals surface area contributed by atoms with E-state index in [4.69, 9.17) is 11.6 Å². The Morgan fingerprint density at radius 3 is 2.35 bits per heavy atom. The molecule has 3 rings (SSSR count). The van der Waals surface area contributed by atoms with Gasteiger partial charge in [0.25, 0.3) is 0 Å². The van der Waals surface area contributed by atoms with Gasteiger partial charge in [-0.25, -0.2) is 0 Å². The van der Waals surface area contributed by atoms with Gasteiger partial charge in [-0.3, -0.25) is 4.79 Å². The molecule has 0 spiro atoms. The number of ketones is 1.